The molecule has 0 atom stereocenters. The average molecular weight is 292 g/mol. The van der Waals surface area contributed by atoms with Crippen molar-refractivity contribution in [1.82, 2.24) is 9.55 Å². The van der Waals surface area contributed by atoms with Gasteiger partial charge in [0.25, 0.3) is 0 Å². The van der Waals surface area contributed by atoms with Gasteiger partial charge in [0.15, 0.2) is 0 Å². The van der Waals surface area contributed by atoms with E-state index >= 15 is 0 Å². The fourth-order valence-corrected chi connectivity index (χ4v) is 2.27. The molecule has 1 aromatic heterocycles. The Hall–Kier alpha value is -3.33. The number of amides is 1. The molecule has 108 valence electrons. The summed E-state index contributed by atoms with van der Waals surface area (Å²) in [5.41, 5.74) is 2.02. The van der Waals surface area contributed by atoms with Crippen LogP contribution in [0.5, 0.6) is 0 Å². The zero-order valence-corrected chi connectivity index (χ0v) is 11.5. The van der Waals surface area contributed by atoms with Gasteiger partial charge >= 0.3 is 5.69 Å². The molecular formula is C16H12N4O2. The van der Waals surface area contributed by atoms with Crippen LogP contribution in [0.1, 0.15) is 5.56 Å². The molecule has 22 heavy (non-hydrogen) atoms. The fraction of sp³-hybridized carbons (Fsp3) is 0.0625. The van der Waals surface area contributed by atoms with Crippen molar-refractivity contribution in [2.75, 3.05) is 5.32 Å². The number of imidazole rings is 1. The number of aromatic amines is 1. The van der Waals surface area contributed by atoms with Gasteiger partial charge in [-0.1, -0.05) is 18.2 Å². The lowest BCUT2D eigenvalue weighted by Crippen LogP contribution is -2.25. The molecule has 3 aromatic rings. The van der Waals surface area contributed by atoms with Crippen molar-refractivity contribution >= 4 is 22.6 Å². The number of H-pyrrole nitrogens is 1. The predicted molar refractivity (Wildman–Crippen MR) is 82.3 cm³/mol. The molecule has 0 spiro atoms. The molecule has 0 aliphatic carbocycles. The minimum atomic E-state index is -0.332. The number of anilines is 1. The van der Waals surface area contributed by atoms with Gasteiger partial charge in [0, 0.05) is 5.69 Å². The molecule has 0 saturated heterocycles. The van der Waals surface area contributed by atoms with Gasteiger partial charge in [-0.2, -0.15) is 5.26 Å². The summed E-state index contributed by atoms with van der Waals surface area (Å²) in [5.74, 6) is -0.332. The summed E-state index contributed by atoms with van der Waals surface area (Å²) < 4.78 is 1.37. The lowest BCUT2D eigenvalue weighted by Gasteiger charge is -2.06. The van der Waals surface area contributed by atoms with Crippen LogP contribution in [0.25, 0.3) is 11.0 Å². The fourth-order valence-electron chi connectivity index (χ4n) is 2.27. The largest absolute Gasteiger partial charge is 0.326 e. The molecule has 0 unspecified atom stereocenters. The van der Waals surface area contributed by atoms with Crippen molar-refractivity contribution in [2.45, 2.75) is 6.54 Å². The maximum atomic E-state index is 12.1. The smallest absolute Gasteiger partial charge is 0.324 e. The number of hydrogen-bond donors (Lipinski definition) is 2. The summed E-state index contributed by atoms with van der Waals surface area (Å²) in [5, 5.41) is 11.5. The van der Waals surface area contributed by atoms with Crippen LogP contribution in [0.3, 0.4) is 0 Å². The number of carbonyl (C=O) groups is 1. The molecular weight excluding hydrogens is 280 g/mol. The molecule has 1 amide bonds. The Labute approximate surface area is 125 Å². The Balaban J connectivity index is 1.83. The second-order valence-electron chi connectivity index (χ2n) is 4.77. The van der Waals surface area contributed by atoms with Gasteiger partial charge in [-0.25, -0.2) is 4.79 Å². The first-order valence-corrected chi connectivity index (χ1v) is 6.65. The van der Waals surface area contributed by atoms with Crippen LogP contribution >= 0.6 is 0 Å². The lowest BCUT2D eigenvalue weighted by atomic mass is 10.2. The number of carbonyl (C=O) groups excluding carboxylic acids is 1. The van der Waals surface area contributed by atoms with Crippen LogP contribution in [-0.4, -0.2) is 15.5 Å². The van der Waals surface area contributed by atoms with Gasteiger partial charge < -0.3 is 10.3 Å². The molecule has 0 aliphatic heterocycles. The second kappa shape index (κ2) is 5.58. The molecule has 0 saturated carbocycles. The van der Waals surface area contributed by atoms with Gasteiger partial charge in [-0.3, -0.25) is 9.36 Å². The highest BCUT2D eigenvalue weighted by Gasteiger charge is 2.10. The van der Waals surface area contributed by atoms with E-state index in [2.05, 4.69) is 10.3 Å². The van der Waals surface area contributed by atoms with E-state index in [-0.39, 0.29) is 18.1 Å². The Morgan fingerprint density at radius 1 is 1.23 bits per heavy atom. The third kappa shape index (κ3) is 2.60. The molecule has 2 aromatic carbocycles. The Morgan fingerprint density at radius 2 is 2.05 bits per heavy atom. The van der Waals surface area contributed by atoms with Crippen molar-refractivity contribution in [3.8, 4) is 6.07 Å². The summed E-state index contributed by atoms with van der Waals surface area (Å²) >= 11 is 0. The van der Waals surface area contributed by atoms with Crippen molar-refractivity contribution in [3.05, 3.63) is 64.6 Å². The van der Waals surface area contributed by atoms with E-state index in [0.29, 0.717) is 22.3 Å². The second-order valence-corrected chi connectivity index (χ2v) is 4.77. The molecule has 6 nitrogen and oxygen atoms in total. The third-order valence-corrected chi connectivity index (χ3v) is 3.26. The van der Waals surface area contributed by atoms with Gasteiger partial charge in [-0.05, 0) is 30.3 Å². The molecule has 1 heterocycles. The molecule has 0 fully saturated rings. The van der Waals surface area contributed by atoms with Gasteiger partial charge in [0.05, 0.1) is 22.7 Å². The first-order valence-electron chi connectivity index (χ1n) is 6.65. The number of nitrogens with zero attached hydrogens (tertiary/aromatic N) is 2. The van der Waals surface area contributed by atoms with E-state index in [0.717, 1.165) is 0 Å². The molecule has 6 heteroatoms. The van der Waals surface area contributed by atoms with Crippen molar-refractivity contribution in [2.24, 2.45) is 0 Å². The summed E-state index contributed by atoms with van der Waals surface area (Å²) in [4.78, 5) is 26.7. The van der Waals surface area contributed by atoms with E-state index in [1.807, 2.05) is 12.1 Å². The summed E-state index contributed by atoms with van der Waals surface area (Å²) in [6.45, 7) is -0.0976. The van der Waals surface area contributed by atoms with Gasteiger partial charge in [-0.15, -0.1) is 0 Å². The normalized spacial score (nSPS) is 10.3. The number of rotatable bonds is 3. The van der Waals surface area contributed by atoms with Crippen LogP contribution in [-0.2, 0) is 11.3 Å². The van der Waals surface area contributed by atoms with Crippen LogP contribution < -0.4 is 11.0 Å². The first-order chi connectivity index (χ1) is 10.7. The van der Waals surface area contributed by atoms with E-state index in [1.54, 1.807) is 42.5 Å². The SMILES string of the molecule is N#Cc1cccc(NC(=O)Cn2c(=O)[nH]c3ccccc32)c1. The molecule has 0 aliphatic rings. The molecule has 2 N–H and O–H groups in total. The minimum absolute atomic E-state index is 0.0976. The van der Waals surface area contributed by atoms with Crippen molar-refractivity contribution in [3.63, 3.8) is 0 Å². The summed E-state index contributed by atoms with van der Waals surface area (Å²) in [6.07, 6.45) is 0. The average Bonchev–Trinajstić information content (AvgIpc) is 2.83. The lowest BCUT2D eigenvalue weighted by molar-refractivity contribution is -0.116. The molecule has 0 bridgehead atoms. The summed E-state index contributed by atoms with van der Waals surface area (Å²) in [6, 6.07) is 15.8. The Morgan fingerprint density at radius 3 is 2.86 bits per heavy atom. The van der Waals surface area contributed by atoms with Crippen LogP contribution in [0, 0.1) is 11.3 Å². The van der Waals surface area contributed by atoms with E-state index in [4.69, 9.17) is 5.26 Å². The number of aromatic nitrogens is 2. The number of nitrogens with one attached hydrogen (secondary N) is 2. The zero-order chi connectivity index (χ0) is 15.5. The molecule has 3 rings (SSSR count). The van der Waals surface area contributed by atoms with Crippen LogP contribution in [0.2, 0.25) is 0 Å². The maximum Gasteiger partial charge on any atom is 0.326 e. The first kappa shape index (κ1) is 13.6. The van der Waals surface area contributed by atoms with Crippen molar-refractivity contribution < 1.29 is 4.79 Å². The van der Waals surface area contributed by atoms with E-state index in [9.17, 15) is 9.59 Å². The number of nitriles is 1. The number of fused-ring (bicyclic) bond motifs is 1. The number of hydrogen-bond acceptors (Lipinski definition) is 3. The standard InChI is InChI=1S/C16H12N4O2/c17-9-11-4-3-5-12(8-11)18-15(21)10-20-14-7-2-1-6-13(14)19-16(20)22/h1-8H,10H2,(H,18,21)(H,19,22). The predicted octanol–water partition coefficient (Wildman–Crippen LogP) is 1.84. The summed E-state index contributed by atoms with van der Waals surface area (Å²) in [7, 11) is 0. The third-order valence-electron chi connectivity index (χ3n) is 3.26. The maximum absolute atomic E-state index is 12.1. The van der Waals surface area contributed by atoms with Crippen LogP contribution in [0.15, 0.2) is 53.3 Å². The van der Waals surface area contributed by atoms with Gasteiger partial charge in [0.1, 0.15) is 6.54 Å². The number of benzene rings is 2. The minimum Gasteiger partial charge on any atom is -0.324 e. The highest BCUT2D eigenvalue weighted by molar-refractivity contribution is 5.91. The monoisotopic (exact) mass is 292 g/mol. The number of para-hydroxylation sites is 2. The van der Waals surface area contributed by atoms with E-state index < -0.39 is 0 Å². The van der Waals surface area contributed by atoms with E-state index in [1.165, 1.54) is 4.57 Å². The van der Waals surface area contributed by atoms with Gasteiger partial charge in [0.2, 0.25) is 5.91 Å². The topological polar surface area (TPSA) is 90.7 Å². The van der Waals surface area contributed by atoms with Crippen LogP contribution in [0.4, 0.5) is 5.69 Å². The quantitative estimate of drug-likeness (QED) is 0.771. The Bertz CT molecular complexity index is 946. The van der Waals surface area contributed by atoms with Crippen molar-refractivity contribution in [1.29, 1.82) is 5.26 Å². The molecule has 0 radical (unpaired) electrons. The highest BCUT2D eigenvalue weighted by Crippen LogP contribution is 2.11. The Kier molecular flexibility index (Phi) is 3.46. The highest BCUT2D eigenvalue weighted by atomic mass is 16.2. The zero-order valence-electron chi connectivity index (χ0n) is 11.5.